The summed E-state index contributed by atoms with van der Waals surface area (Å²) in [5.74, 6) is -1.07. The Labute approximate surface area is 118 Å². The van der Waals surface area contributed by atoms with E-state index >= 15 is 0 Å². The number of hydrazone groups is 1. The fourth-order valence-corrected chi connectivity index (χ4v) is 1.52. The molecule has 8 nitrogen and oxygen atoms in total. The van der Waals surface area contributed by atoms with Gasteiger partial charge in [0, 0.05) is 23.8 Å². The second kappa shape index (κ2) is 5.78. The van der Waals surface area contributed by atoms with E-state index in [1.807, 2.05) is 0 Å². The topological polar surface area (TPSA) is 128 Å². The number of hydrogen-bond acceptors (Lipinski definition) is 7. The molecular formula is C13H11N3O5. The van der Waals surface area contributed by atoms with Crippen LogP contribution in [-0.4, -0.2) is 26.5 Å². The SMILES string of the molecule is O=[N+]([O-])c1ccc(NN=Cc2cc(O)c(O)cc2O)cc1. The highest BCUT2D eigenvalue weighted by molar-refractivity contribution is 5.85. The van der Waals surface area contributed by atoms with Crippen LogP contribution in [0.5, 0.6) is 17.2 Å². The summed E-state index contributed by atoms with van der Waals surface area (Å²) in [6.07, 6.45) is 1.23. The number of aromatic hydroxyl groups is 3. The number of nitrogens with zero attached hydrogens (tertiary/aromatic N) is 2. The Hall–Kier alpha value is -3.29. The fourth-order valence-electron chi connectivity index (χ4n) is 1.52. The maximum atomic E-state index is 10.5. The third-order valence-corrected chi connectivity index (χ3v) is 2.60. The van der Waals surface area contributed by atoms with Crippen LogP contribution in [0, 0.1) is 10.1 Å². The second-order valence-corrected chi connectivity index (χ2v) is 4.07. The molecule has 2 aromatic carbocycles. The quantitative estimate of drug-likeness (QED) is 0.224. The molecule has 21 heavy (non-hydrogen) atoms. The number of phenolic OH excluding ortho intramolecular Hbond substituents is 3. The third kappa shape index (κ3) is 3.38. The monoisotopic (exact) mass is 289 g/mol. The largest absolute Gasteiger partial charge is 0.507 e. The zero-order chi connectivity index (χ0) is 15.4. The Morgan fingerprint density at radius 3 is 2.29 bits per heavy atom. The maximum absolute atomic E-state index is 10.5. The molecule has 0 unspecified atom stereocenters. The van der Waals surface area contributed by atoms with Gasteiger partial charge in [0.15, 0.2) is 11.5 Å². The van der Waals surface area contributed by atoms with E-state index in [2.05, 4.69) is 10.5 Å². The molecule has 0 saturated carbocycles. The highest BCUT2D eigenvalue weighted by Gasteiger charge is 2.06. The van der Waals surface area contributed by atoms with Crippen molar-refractivity contribution >= 4 is 17.6 Å². The van der Waals surface area contributed by atoms with Crippen LogP contribution in [0.15, 0.2) is 41.5 Å². The number of nitro benzene ring substituents is 1. The maximum Gasteiger partial charge on any atom is 0.269 e. The van der Waals surface area contributed by atoms with E-state index in [1.165, 1.54) is 30.5 Å². The Morgan fingerprint density at radius 2 is 1.67 bits per heavy atom. The first-order valence-electron chi connectivity index (χ1n) is 5.76. The van der Waals surface area contributed by atoms with Gasteiger partial charge in [-0.3, -0.25) is 15.5 Å². The van der Waals surface area contributed by atoms with Crippen LogP contribution in [0.3, 0.4) is 0 Å². The van der Waals surface area contributed by atoms with Crippen LogP contribution in [0.2, 0.25) is 0 Å². The van der Waals surface area contributed by atoms with Crippen molar-refractivity contribution in [3.63, 3.8) is 0 Å². The van der Waals surface area contributed by atoms with E-state index in [0.717, 1.165) is 12.1 Å². The number of anilines is 1. The van der Waals surface area contributed by atoms with E-state index < -0.39 is 10.7 Å². The van der Waals surface area contributed by atoms with Crippen molar-refractivity contribution in [2.24, 2.45) is 5.10 Å². The van der Waals surface area contributed by atoms with Crippen LogP contribution in [-0.2, 0) is 0 Å². The summed E-state index contributed by atoms with van der Waals surface area (Å²) in [4.78, 5) is 9.98. The molecule has 0 radical (unpaired) electrons. The lowest BCUT2D eigenvalue weighted by molar-refractivity contribution is -0.384. The predicted octanol–water partition coefficient (Wildman–Crippen LogP) is 2.16. The van der Waals surface area contributed by atoms with Crippen LogP contribution in [0.25, 0.3) is 0 Å². The van der Waals surface area contributed by atoms with Crippen molar-refractivity contribution in [3.8, 4) is 17.2 Å². The number of non-ortho nitro benzene ring substituents is 1. The first kappa shape index (κ1) is 14.1. The summed E-state index contributed by atoms with van der Waals surface area (Å²) < 4.78 is 0. The summed E-state index contributed by atoms with van der Waals surface area (Å²) in [5.41, 5.74) is 3.28. The van der Waals surface area contributed by atoms with Crippen LogP contribution < -0.4 is 5.43 Å². The standard InChI is InChI=1S/C13H11N3O5/c17-11-6-13(19)12(18)5-8(11)7-14-15-9-1-3-10(4-2-9)16(20)21/h1-7,15,17-19H. The van der Waals surface area contributed by atoms with Gasteiger partial charge in [-0.15, -0.1) is 0 Å². The predicted molar refractivity (Wildman–Crippen MR) is 75.7 cm³/mol. The Kier molecular flexibility index (Phi) is 3.89. The van der Waals surface area contributed by atoms with Gasteiger partial charge in [0.2, 0.25) is 0 Å². The molecule has 8 heteroatoms. The number of rotatable bonds is 4. The molecule has 108 valence electrons. The van der Waals surface area contributed by atoms with Gasteiger partial charge >= 0.3 is 0 Å². The Balaban J connectivity index is 2.09. The van der Waals surface area contributed by atoms with Gasteiger partial charge in [-0.25, -0.2) is 0 Å². The lowest BCUT2D eigenvalue weighted by Crippen LogP contribution is -1.92. The van der Waals surface area contributed by atoms with E-state index in [1.54, 1.807) is 0 Å². The smallest absolute Gasteiger partial charge is 0.269 e. The molecule has 0 amide bonds. The lowest BCUT2D eigenvalue weighted by atomic mass is 10.2. The van der Waals surface area contributed by atoms with Gasteiger partial charge in [0.25, 0.3) is 5.69 Å². The molecule has 2 aromatic rings. The molecule has 4 N–H and O–H groups in total. The Bertz CT molecular complexity index is 698. The van der Waals surface area contributed by atoms with E-state index in [-0.39, 0.29) is 22.7 Å². The molecular weight excluding hydrogens is 278 g/mol. The summed E-state index contributed by atoms with van der Waals surface area (Å²) in [7, 11) is 0. The van der Waals surface area contributed by atoms with E-state index in [9.17, 15) is 25.4 Å². The highest BCUT2D eigenvalue weighted by atomic mass is 16.6. The zero-order valence-electron chi connectivity index (χ0n) is 10.6. The number of nitrogens with one attached hydrogen (secondary N) is 1. The Morgan fingerprint density at radius 1 is 1.05 bits per heavy atom. The molecule has 0 aliphatic rings. The summed E-state index contributed by atoms with van der Waals surface area (Å²) in [5, 5.41) is 42.3. The van der Waals surface area contributed by atoms with Gasteiger partial charge in [-0.05, 0) is 18.2 Å². The average molecular weight is 289 g/mol. The molecule has 0 spiro atoms. The minimum absolute atomic E-state index is 0.0365. The number of hydrogen-bond donors (Lipinski definition) is 4. The molecule has 0 aliphatic carbocycles. The van der Waals surface area contributed by atoms with Crippen molar-refractivity contribution in [1.82, 2.24) is 0 Å². The molecule has 0 fully saturated rings. The van der Waals surface area contributed by atoms with E-state index in [4.69, 9.17) is 0 Å². The van der Waals surface area contributed by atoms with Crippen LogP contribution in [0.1, 0.15) is 5.56 Å². The molecule has 0 saturated heterocycles. The summed E-state index contributed by atoms with van der Waals surface area (Å²) in [6.45, 7) is 0. The average Bonchev–Trinajstić information content (AvgIpc) is 2.45. The molecule has 2 rings (SSSR count). The zero-order valence-corrected chi connectivity index (χ0v) is 10.6. The van der Waals surface area contributed by atoms with Gasteiger partial charge in [0.05, 0.1) is 16.8 Å². The molecule has 0 aromatic heterocycles. The first-order valence-corrected chi connectivity index (χ1v) is 5.76. The second-order valence-electron chi connectivity index (χ2n) is 4.07. The molecule has 0 bridgehead atoms. The van der Waals surface area contributed by atoms with Gasteiger partial charge in [-0.2, -0.15) is 5.10 Å². The summed E-state index contributed by atoms with van der Waals surface area (Å²) >= 11 is 0. The first-order chi connectivity index (χ1) is 9.97. The van der Waals surface area contributed by atoms with E-state index in [0.29, 0.717) is 5.69 Å². The summed E-state index contributed by atoms with van der Waals surface area (Å²) in [6, 6.07) is 7.73. The van der Waals surface area contributed by atoms with Crippen LogP contribution >= 0.6 is 0 Å². The molecule has 0 atom stereocenters. The third-order valence-electron chi connectivity index (χ3n) is 2.60. The van der Waals surface area contributed by atoms with Gasteiger partial charge in [0.1, 0.15) is 5.75 Å². The fraction of sp³-hybridized carbons (Fsp3) is 0. The number of phenols is 3. The van der Waals surface area contributed by atoms with Crippen molar-refractivity contribution in [1.29, 1.82) is 0 Å². The van der Waals surface area contributed by atoms with Gasteiger partial charge < -0.3 is 15.3 Å². The normalized spacial score (nSPS) is 10.7. The van der Waals surface area contributed by atoms with Crippen molar-refractivity contribution in [2.75, 3.05) is 5.43 Å². The van der Waals surface area contributed by atoms with Crippen molar-refractivity contribution in [3.05, 3.63) is 52.1 Å². The lowest BCUT2D eigenvalue weighted by Gasteiger charge is -2.03. The van der Waals surface area contributed by atoms with Crippen LogP contribution in [0.4, 0.5) is 11.4 Å². The minimum Gasteiger partial charge on any atom is -0.507 e. The molecule has 0 heterocycles. The molecule has 0 aliphatic heterocycles. The number of benzene rings is 2. The van der Waals surface area contributed by atoms with Gasteiger partial charge in [-0.1, -0.05) is 0 Å². The van der Waals surface area contributed by atoms with Crippen molar-refractivity contribution < 1.29 is 20.2 Å². The van der Waals surface area contributed by atoms with Crippen molar-refractivity contribution in [2.45, 2.75) is 0 Å². The highest BCUT2D eigenvalue weighted by Crippen LogP contribution is 2.31. The minimum atomic E-state index is -0.510. The number of nitro groups is 1.